The highest BCUT2D eigenvalue weighted by atomic mass is 14.8. The number of hydrogen-bond acceptors (Lipinski definition) is 2. The summed E-state index contributed by atoms with van der Waals surface area (Å²) in [7, 11) is 0. The van der Waals surface area contributed by atoms with Gasteiger partial charge in [0.1, 0.15) is 0 Å². The minimum atomic E-state index is 0.921. The number of hydrogen-bond donors (Lipinski definition) is 2. The molecule has 0 spiro atoms. The molecule has 0 unspecified atom stereocenters. The molecule has 0 radical (unpaired) electrons. The van der Waals surface area contributed by atoms with Crippen molar-refractivity contribution in [3.63, 3.8) is 0 Å². The molecule has 0 atom stereocenters. The second-order valence-corrected chi connectivity index (χ2v) is 7.17. The maximum Gasteiger partial charge on any atom is 0.00104 e. The predicted octanol–water partition coefficient (Wildman–Crippen LogP) is 8.05. The Kier molecular flexibility index (Phi) is 15.3. The quantitative estimate of drug-likeness (QED) is 0.289. The standard InChI is InChI=1S/C33H34N2/c1(2-4-6-8-10-12-14-16-18-20-22-32-24-28-34-29-25-32)3-5-7-9-11-13-15-17-19-21-23-33-26-30-35-31-27-33/h1-20,22-31,34-35H,21H2/b3-1+,4-2+,7-5+,8-6+,11-9+,12-10+,15-13+,16-14+,19-17+,20-18+. The topological polar surface area (TPSA) is 24.1 Å². The first kappa shape index (κ1) is 26.7. The molecular formula is C33H34N2. The zero-order valence-electron chi connectivity index (χ0n) is 20.0. The Morgan fingerprint density at radius 1 is 0.400 bits per heavy atom. The van der Waals surface area contributed by atoms with Gasteiger partial charge in [0.2, 0.25) is 0 Å². The summed E-state index contributed by atoms with van der Waals surface area (Å²) in [5, 5.41) is 6.03. The SMILES string of the molecule is C1=CC(=C/C=C/C=C/C=C/C=C/C=C/C=C/C=C/C=C/C=C/C=C/CC=C2C=CNC=C2)C=CN1. The second-order valence-electron chi connectivity index (χ2n) is 7.17. The smallest absolute Gasteiger partial charge is 0.00104 e. The predicted molar refractivity (Wildman–Crippen MR) is 155 cm³/mol. The first-order valence-corrected chi connectivity index (χ1v) is 11.7. The van der Waals surface area contributed by atoms with E-state index in [4.69, 9.17) is 0 Å². The van der Waals surface area contributed by atoms with E-state index >= 15 is 0 Å². The number of allylic oxidation sites excluding steroid dienone is 28. The maximum absolute atomic E-state index is 3.02. The molecule has 0 aliphatic carbocycles. The molecule has 0 bridgehead atoms. The van der Waals surface area contributed by atoms with Crippen molar-refractivity contribution in [1.29, 1.82) is 0 Å². The second kappa shape index (κ2) is 20.1. The van der Waals surface area contributed by atoms with Crippen LogP contribution in [0.3, 0.4) is 0 Å². The molecule has 2 aliphatic rings. The van der Waals surface area contributed by atoms with E-state index in [9.17, 15) is 0 Å². The molecule has 176 valence electrons. The summed E-state index contributed by atoms with van der Waals surface area (Å²) in [6.07, 6.45) is 61.4. The van der Waals surface area contributed by atoms with Gasteiger partial charge in [0, 0.05) is 24.8 Å². The molecule has 0 saturated heterocycles. The molecule has 2 nitrogen and oxygen atoms in total. The molecular weight excluding hydrogens is 424 g/mol. The van der Waals surface area contributed by atoms with Gasteiger partial charge in [-0.15, -0.1) is 0 Å². The molecule has 2 heteroatoms. The van der Waals surface area contributed by atoms with Gasteiger partial charge in [-0.1, -0.05) is 134 Å². The van der Waals surface area contributed by atoms with Crippen molar-refractivity contribution in [2.24, 2.45) is 0 Å². The average Bonchev–Trinajstić information content (AvgIpc) is 2.90. The maximum atomic E-state index is 3.02. The van der Waals surface area contributed by atoms with Gasteiger partial charge in [-0.3, -0.25) is 0 Å². The Morgan fingerprint density at radius 3 is 1.17 bits per heavy atom. The average molecular weight is 459 g/mol. The van der Waals surface area contributed by atoms with Gasteiger partial charge in [-0.2, -0.15) is 0 Å². The largest absolute Gasteiger partial charge is 0.368 e. The summed E-state index contributed by atoms with van der Waals surface area (Å²) in [4.78, 5) is 0. The molecule has 2 heterocycles. The summed E-state index contributed by atoms with van der Waals surface area (Å²) < 4.78 is 0. The fraction of sp³-hybridized carbons (Fsp3) is 0.0303. The van der Waals surface area contributed by atoms with Crippen molar-refractivity contribution < 1.29 is 0 Å². The number of dihydropyridines is 2. The monoisotopic (exact) mass is 458 g/mol. The van der Waals surface area contributed by atoms with Crippen LogP contribution in [0.1, 0.15) is 6.42 Å². The lowest BCUT2D eigenvalue weighted by Crippen LogP contribution is -1.96. The van der Waals surface area contributed by atoms with Crippen LogP contribution in [0.5, 0.6) is 0 Å². The Morgan fingerprint density at radius 2 is 0.743 bits per heavy atom. The first-order chi connectivity index (χ1) is 17.4. The van der Waals surface area contributed by atoms with E-state index in [1.165, 1.54) is 11.1 Å². The summed E-state index contributed by atoms with van der Waals surface area (Å²) in [6, 6.07) is 0. The van der Waals surface area contributed by atoms with Crippen molar-refractivity contribution in [3.8, 4) is 0 Å². The third-order valence-corrected chi connectivity index (χ3v) is 4.40. The van der Waals surface area contributed by atoms with Crippen LogP contribution in [0.15, 0.2) is 194 Å². The van der Waals surface area contributed by atoms with E-state index in [0.717, 1.165) is 6.42 Å². The molecule has 0 aromatic rings. The van der Waals surface area contributed by atoms with E-state index < -0.39 is 0 Å². The summed E-state index contributed by atoms with van der Waals surface area (Å²) >= 11 is 0. The fourth-order valence-corrected chi connectivity index (χ4v) is 2.67. The van der Waals surface area contributed by atoms with Crippen molar-refractivity contribution in [3.05, 3.63) is 194 Å². The molecule has 2 N–H and O–H groups in total. The van der Waals surface area contributed by atoms with Crippen molar-refractivity contribution in [1.82, 2.24) is 10.6 Å². The molecule has 0 amide bonds. The Balaban J connectivity index is 1.52. The molecule has 0 saturated carbocycles. The zero-order chi connectivity index (χ0) is 24.5. The fourth-order valence-electron chi connectivity index (χ4n) is 2.67. The lowest BCUT2D eigenvalue weighted by Gasteiger charge is -1.99. The van der Waals surface area contributed by atoms with Gasteiger partial charge in [0.25, 0.3) is 0 Å². The first-order valence-electron chi connectivity index (χ1n) is 11.7. The number of rotatable bonds is 12. The third-order valence-electron chi connectivity index (χ3n) is 4.40. The number of nitrogens with one attached hydrogen (secondary N) is 2. The van der Waals surface area contributed by atoms with Crippen LogP contribution in [-0.2, 0) is 0 Å². The van der Waals surface area contributed by atoms with Crippen molar-refractivity contribution >= 4 is 0 Å². The van der Waals surface area contributed by atoms with Crippen LogP contribution in [-0.4, -0.2) is 0 Å². The van der Waals surface area contributed by atoms with Crippen LogP contribution in [0.2, 0.25) is 0 Å². The Bertz CT molecular complexity index is 1070. The van der Waals surface area contributed by atoms with Crippen LogP contribution in [0.4, 0.5) is 0 Å². The summed E-state index contributed by atoms with van der Waals surface area (Å²) in [5.41, 5.74) is 2.40. The van der Waals surface area contributed by atoms with Crippen molar-refractivity contribution in [2.75, 3.05) is 0 Å². The molecule has 2 rings (SSSR count). The Labute approximate surface area is 210 Å². The molecule has 2 aliphatic heterocycles. The molecule has 0 aromatic carbocycles. The highest BCUT2D eigenvalue weighted by Crippen LogP contribution is 2.04. The van der Waals surface area contributed by atoms with E-state index in [0.29, 0.717) is 0 Å². The Hall–Kier alpha value is -4.56. The van der Waals surface area contributed by atoms with Crippen LogP contribution >= 0.6 is 0 Å². The lowest BCUT2D eigenvalue weighted by atomic mass is 10.2. The summed E-state index contributed by atoms with van der Waals surface area (Å²) in [5.74, 6) is 0. The van der Waals surface area contributed by atoms with Gasteiger partial charge < -0.3 is 10.6 Å². The van der Waals surface area contributed by atoms with Gasteiger partial charge in [-0.05, 0) is 41.9 Å². The van der Waals surface area contributed by atoms with Crippen LogP contribution in [0, 0.1) is 0 Å². The lowest BCUT2D eigenvalue weighted by molar-refractivity contribution is 1.16. The van der Waals surface area contributed by atoms with E-state index in [-0.39, 0.29) is 0 Å². The van der Waals surface area contributed by atoms with E-state index in [1.54, 1.807) is 0 Å². The van der Waals surface area contributed by atoms with Gasteiger partial charge in [0.05, 0.1) is 0 Å². The van der Waals surface area contributed by atoms with E-state index in [2.05, 4.69) is 47.1 Å². The van der Waals surface area contributed by atoms with Gasteiger partial charge >= 0.3 is 0 Å². The van der Waals surface area contributed by atoms with Crippen LogP contribution < -0.4 is 10.6 Å². The third kappa shape index (κ3) is 15.8. The minimum Gasteiger partial charge on any atom is -0.368 e. The summed E-state index contributed by atoms with van der Waals surface area (Å²) in [6.45, 7) is 0. The minimum absolute atomic E-state index is 0.921. The molecule has 0 fully saturated rings. The highest BCUT2D eigenvalue weighted by molar-refractivity contribution is 5.37. The van der Waals surface area contributed by atoms with Crippen LogP contribution in [0.25, 0.3) is 0 Å². The molecule has 35 heavy (non-hydrogen) atoms. The van der Waals surface area contributed by atoms with Gasteiger partial charge in [-0.25, -0.2) is 0 Å². The highest BCUT2D eigenvalue weighted by Gasteiger charge is 1.88. The van der Waals surface area contributed by atoms with Gasteiger partial charge in [0.15, 0.2) is 0 Å². The zero-order valence-corrected chi connectivity index (χ0v) is 20.0. The van der Waals surface area contributed by atoms with E-state index in [1.807, 2.05) is 146 Å². The normalized spacial score (nSPS) is 16.6. The molecule has 0 aromatic heterocycles. The van der Waals surface area contributed by atoms with Crippen molar-refractivity contribution in [2.45, 2.75) is 6.42 Å².